The van der Waals surface area contributed by atoms with E-state index in [0.29, 0.717) is 5.92 Å². The van der Waals surface area contributed by atoms with E-state index in [2.05, 4.69) is 4.74 Å². The summed E-state index contributed by atoms with van der Waals surface area (Å²) in [5.41, 5.74) is 0. The molecule has 0 heterocycles. The molecule has 78 valence electrons. The highest BCUT2D eigenvalue weighted by Gasteiger charge is 2.19. The first-order valence-corrected chi connectivity index (χ1v) is 4.84. The molecule has 0 saturated carbocycles. The number of methoxy groups -OCH3 is 1. The van der Waals surface area contributed by atoms with Crippen LogP contribution >= 0.6 is 0 Å². The number of carbonyl (C=O) groups is 1. The summed E-state index contributed by atoms with van der Waals surface area (Å²) in [6, 6.07) is 0. The second-order valence-corrected chi connectivity index (χ2v) is 3.48. The Morgan fingerprint density at radius 1 is 1.54 bits per heavy atom. The van der Waals surface area contributed by atoms with E-state index in [-0.39, 0.29) is 18.5 Å². The molecule has 13 heavy (non-hydrogen) atoms. The van der Waals surface area contributed by atoms with Crippen molar-refractivity contribution in [1.29, 1.82) is 0 Å². The van der Waals surface area contributed by atoms with Crippen LogP contribution in [-0.2, 0) is 9.53 Å². The molecule has 0 aromatic heterocycles. The van der Waals surface area contributed by atoms with Gasteiger partial charge >= 0.3 is 5.97 Å². The summed E-state index contributed by atoms with van der Waals surface area (Å²) in [7, 11) is 1.42. The average Bonchev–Trinajstić information content (AvgIpc) is 2.13. The number of rotatable bonds is 6. The Morgan fingerprint density at radius 3 is 2.54 bits per heavy atom. The zero-order valence-electron chi connectivity index (χ0n) is 8.75. The first-order valence-electron chi connectivity index (χ1n) is 4.84. The normalized spacial score (nSPS) is 15.1. The third-order valence-corrected chi connectivity index (χ3v) is 2.34. The largest absolute Gasteiger partial charge is 0.469 e. The van der Waals surface area contributed by atoms with Crippen molar-refractivity contribution in [2.75, 3.05) is 13.7 Å². The van der Waals surface area contributed by atoms with Gasteiger partial charge < -0.3 is 9.84 Å². The van der Waals surface area contributed by atoms with Crippen LogP contribution in [0.4, 0.5) is 0 Å². The molecule has 0 bridgehead atoms. The van der Waals surface area contributed by atoms with E-state index in [1.54, 1.807) is 0 Å². The first-order chi connectivity index (χ1) is 6.15. The summed E-state index contributed by atoms with van der Waals surface area (Å²) in [5.74, 6) is 0.243. The zero-order chi connectivity index (χ0) is 10.3. The molecule has 0 aromatic carbocycles. The van der Waals surface area contributed by atoms with E-state index < -0.39 is 0 Å². The van der Waals surface area contributed by atoms with E-state index in [4.69, 9.17) is 5.11 Å². The van der Waals surface area contributed by atoms with Crippen LogP contribution in [-0.4, -0.2) is 24.8 Å². The first kappa shape index (κ1) is 12.4. The van der Waals surface area contributed by atoms with Gasteiger partial charge in [0.05, 0.1) is 13.0 Å². The van der Waals surface area contributed by atoms with Gasteiger partial charge in [0.1, 0.15) is 0 Å². The topological polar surface area (TPSA) is 46.5 Å². The number of hydrogen-bond acceptors (Lipinski definition) is 3. The van der Waals surface area contributed by atoms with Crippen molar-refractivity contribution in [3.63, 3.8) is 0 Å². The number of esters is 1. The maximum atomic E-state index is 11.2. The molecule has 0 aliphatic heterocycles. The highest BCUT2D eigenvalue weighted by Crippen LogP contribution is 2.18. The van der Waals surface area contributed by atoms with Gasteiger partial charge in [-0.2, -0.15) is 0 Å². The summed E-state index contributed by atoms with van der Waals surface area (Å²) in [5, 5.41) is 8.70. The molecule has 2 unspecified atom stereocenters. The van der Waals surface area contributed by atoms with Gasteiger partial charge in [-0.15, -0.1) is 0 Å². The predicted molar refractivity (Wildman–Crippen MR) is 51.3 cm³/mol. The van der Waals surface area contributed by atoms with E-state index in [1.807, 2.05) is 13.8 Å². The van der Waals surface area contributed by atoms with Crippen LogP contribution < -0.4 is 0 Å². The summed E-state index contributed by atoms with van der Waals surface area (Å²) in [6.45, 7) is 4.22. The van der Waals surface area contributed by atoms with E-state index in [0.717, 1.165) is 19.3 Å². The van der Waals surface area contributed by atoms with Crippen LogP contribution in [0.25, 0.3) is 0 Å². The maximum Gasteiger partial charge on any atom is 0.308 e. The minimum absolute atomic E-state index is 0.00782. The molecule has 2 atom stereocenters. The van der Waals surface area contributed by atoms with E-state index in [1.165, 1.54) is 7.11 Å². The van der Waals surface area contributed by atoms with Gasteiger partial charge in [-0.1, -0.05) is 13.8 Å². The van der Waals surface area contributed by atoms with Gasteiger partial charge in [-0.25, -0.2) is 0 Å². The standard InChI is InChI=1S/C10H20O3/c1-4-9(10(12)13-3)7-8(2)5-6-11/h8-9,11H,4-7H2,1-3H3. The molecule has 1 N–H and O–H groups in total. The van der Waals surface area contributed by atoms with Crippen molar-refractivity contribution < 1.29 is 14.6 Å². The number of aliphatic hydroxyl groups is 1. The molecular formula is C10H20O3. The second kappa shape index (κ2) is 6.89. The monoisotopic (exact) mass is 188 g/mol. The summed E-state index contributed by atoms with van der Waals surface area (Å²) < 4.78 is 4.68. The Kier molecular flexibility index (Phi) is 6.59. The molecule has 0 rings (SSSR count). The minimum Gasteiger partial charge on any atom is -0.469 e. The molecule has 0 amide bonds. The molecular weight excluding hydrogens is 168 g/mol. The van der Waals surface area contributed by atoms with Crippen molar-refractivity contribution >= 4 is 5.97 Å². The van der Waals surface area contributed by atoms with Crippen molar-refractivity contribution in [2.24, 2.45) is 11.8 Å². The van der Waals surface area contributed by atoms with E-state index >= 15 is 0 Å². The van der Waals surface area contributed by atoms with Gasteiger partial charge in [0.2, 0.25) is 0 Å². The maximum absolute atomic E-state index is 11.2. The van der Waals surface area contributed by atoms with Gasteiger partial charge in [0.15, 0.2) is 0 Å². The molecule has 3 heteroatoms. The summed E-state index contributed by atoms with van der Waals surface area (Å²) in [6.07, 6.45) is 2.37. The quantitative estimate of drug-likeness (QED) is 0.644. The number of ether oxygens (including phenoxy) is 1. The van der Waals surface area contributed by atoms with Gasteiger partial charge in [-0.3, -0.25) is 4.79 Å². The lowest BCUT2D eigenvalue weighted by Crippen LogP contribution is -2.18. The molecule has 0 fully saturated rings. The molecule has 0 aliphatic carbocycles. The Hall–Kier alpha value is -0.570. The lowest BCUT2D eigenvalue weighted by Gasteiger charge is -2.16. The highest BCUT2D eigenvalue weighted by atomic mass is 16.5. The van der Waals surface area contributed by atoms with E-state index in [9.17, 15) is 4.79 Å². The fraction of sp³-hybridized carbons (Fsp3) is 0.900. The van der Waals surface area contributed by atoms with Crippen molar-refractivity contribution in [1.82, 2.24) is 0 Å². The summed E-state index contributed by atoms with van der Waals surface area (Å²) in [4.78, 5) is 11.2. The molecule has 0 spiro atoms. The lowest BCUT2D eigenvalue weighted by atomic mass is 9.92. The average molecular weight is 188 g/mol. The Balaban J connectivity index is 3.89. The molecule has 0 saturated heterocycles. The van der Waals surface area contributed by atoms with Crippen molar-refractivity contribution in [2.45, 2.75) is 33.1 Å². The predicted octanol–water partition coefficient (Wildman–Crippen LogP) is 1.59. The second-order valence-electron chi connectivity index (χ2n) is 3.48. The zero-order valence-corrected chi connectivity index (χ0v) is 8.75. The van der Waals surface area contributed by atoms with Gasteiger partial charge in [0, 0.05) is 6.61 Å². The molecule has 0 aliphatic rings. The van der Waals surface area contributed by atoms with Gasteiger partial charge in [-0.05, 0) is 25.2 Å². The molecule has 0 aromatic rings. The number of aliphatic hydroxyl groups excluding tert-OH is 1. The van der Waals surface area contributed by atoms with Crippen molar-refractivity contribution in [3.05, 3.63) is 0 Å². The molecule has 3 nitrogen and oxygen atoms in total. The van der Waals surface area contributed by atoms with Crippen LogP contribution in [0.2, 0.25) is 0 Å². The third kappa shape index (κ3) is 4.88. The van der Waals surface area contributed by atoms with Gasteiger partial charge in [0.25, 0.3) is 0 Å². The smallest absolute Gasteiger partial charge is 0.308 e. The number of carbonyl (C=O) groups excluding carboxylic acids is 1. The Labute approximate surface area is 80.1 Å². The molecule has 0 radical (unpaired) electrons. The van der Waals surface area contributed by atoms with Crippen LogP contribution in [0, 0.1) is 11.8 Å². The Bertz CT molecular complexity index is 145. The minimum atomic E-state index is -0.132. The fourth-order valence-electron chi connectivity index (χ4n) is 1.42. The number of hydrogen-bond donors (Lipinski definition) is 1. The van der Waals surface area contributed by atoms with Crippen LogP contribution in [0.5, 0.6) is 0 Å². The van der Waals surface area contributed by atoms with Crippen molar-refractivity contribution in [3.8, 4) is 0 Å². The Morgan fingerprint density at radius 2 is 2.15 bits per heavy atom. The van der Waals surface area contributed by atoms with Crippen LogP contribution in [0.1, 0.15) is 33.1 Å². The van der Waals surface area contributed by atoms with Crippen LogP contribution in [0.15, 0.2) is 0 Å². The summed E-state index contributed by atoms with van der Waals surface area (Å²) >= 11 is 0. The third-order valence-electron chi connectivity index (χ3n) is 2.34. The lowest BCUT2D eigenvalue weighted by molar-refractivity contribution is -0.146. The fourth-order valence-corrected chi connectivity index (χ4v) is 1.42. The van der Waals surface area contributed by atoms with Crippen LogP contribution in [0.3, 0.4) is 0 Å². The SMILES string of the molecule is CCC(CC(C)CCO)C(=O)OC. The highest BCUT2D eigenvalue weighted by molar-refractivity contribution is 5.72.